The van der Waals surface area contributed by atoms with Gasteiger partial charge in [0, 0.05) is 62.1 Å². The molecule has 1 saturated carbocycles. The van der Waals surface area contributed by atoms with Gasteiger partial charge in [0.2, 0.25) is 0 Å². The number of carbonyl (C=O) groups is 1. The van der Waals surface area contributed by atoms with Gasteiger partial charge in [-0.15, -0.1) is 0 Å². The molecule has 0 atom stereocenters. The number of nitrogens with one attached hydrogen (secondary N) is 1. The second-order valence-corrected chi connectivity index (χ2v) is 9.46. The lowest BCUT2D eigenvalue weighted by molar-refractivity contribution is 0.0891. The molecular formula is C26H31FN6O2. The molecule has 3 N–H and O–H groups in total. The molecule has 1 aliphatic heterocycles. The lowest BCUT2D eigenvalue weighted by atomic mass is 9.92. The van der Waals surface area contributed by atoms with Crippen LogP contribution in [0.2, 0.25) is 0 Å². The minimum Gasteiger partial charge on any atom is -0.488 e. The van der Waals surface area contributed by atoms with Crippen molar-refractivity contribution in [2.75, 3.05) is 43.9 Å². The zero-order valence-corrected chi connectivity index (χ0v) is 19.9. The van der Waals surface area contributed by atoms with Crippen molar-refractivity contribution < 1.29 is 13.9 Å². The number of amides is 1. The number of likely N-dealkylation sites (N-methyl/N-ethyl adjacent to an activating group) is 1. The molecular weight excluding hydrogens is 447 g/mol. The first-order valence-corrected chi connectivity index (χ1v) is 12.2. The summed E-state index contributed by atoms with van der Waals surface area (Å²) in [5.41, 5.74) is 8.88. The third-order valence-corrected chi connectivity index (χ3v) is 6.93. The van der Waals surface area contributed by atoms with Crippen molar-refractivity contribution in [3.8, 4) is 5.75 Å². The number of nitrogens with two attached hydrogens (primary N) is 1. The minimum absolute atomic E-state index is 0.00485. The standard InChI is InChI=1S/C26H31FN6O2/c1-32-10-12-33(13-11-32)19-4-7-21(22(27)16-19)26(34)31-18-2-5-20(6-3-18)35-24-15-17(28)14-23-25(24)30-9-8-29-23/h4,7-9,14-16,18,20H,2-3,5-6,10-13,28H2,1H3,(H,31,34). The van der Waals surface area contributed by atoms with Crippen LogP contribution in [0.25, 0.3) is 11.0 Å². The Morgan fingerprint density at radius 1 is 1.06 bits per heavy atom. The van der Waals surface area contributed by atoms with E-state index < -0.39 is 5.82 Å². The maximum absolute atomic E-state index is 14.8. The predicted molar refractivity (Wildman–Crippen MR) is 134 cm³/mol. The van der Waals surface area contributed by atoms with Crippen LogP contribution in [-0.2, 0) is 0 Å². The van der Waals surface area contributed by atoms with Crippen LogP contribution in [0.15, 0.2) is 42.7 Å². The number of piperazine rings is 1. The van der Waals surface area contributed by atoms with Crippen molar-refractivity contribution in [1.29, 1.82) is 0 Å². The number of fused-ring (bicyclic) bond motifs is 1. The second kappa shape index (κ2) is 10.0. The van der Waals surface area contributed by atoms with E-state index in [9.17, 15) is 9.18 Å². The fourth-order valence-electron chi connectivity index (χ4n) is 4.87. The Bertz CT molecular complexity index is 1210. The van der Waals surface area contributed by atoms with Crippen LogP contribution in [0.1, 0.15) is 36.0 Å². The van der Waals surface area contributed by atoms with Crippen LogP contribution in [0.5, 0.6) is 5.75 Å². The quantitative estimate of drug-likeness (QED) is 0.544. The summed E-state index contributed by atoms with van der Waals surface area (Å²) in [6, 6.07) is 8.45. The number of ether oxygens (including phenoxy) is 1. The Hall–Kier alpha value is -3.46. The molecule has 5 rings (SSSR count). The third kappa shape index (κ3) is 5.30. The van der Waals surface area contributed by atoms with E-state index in [1.54, 1.807) is 30.6 Å². The van der Waals surface area contributed by atoms with Crippen molar-refractivity contribution in [3.63, 3.8) is 0 Å². The molecule has 2 aromatic carbocycles. The number of anilines is 2. The number of nitrogens with zero attached hydrogens (tertiary/aromatic N) is 4. The molecule has 184 valence electrons. The number of carbonyl (C=O) groups excluding carboxylic acids is 1. The first kappa shape index (κ1) is 23.3. The molecule has 9 heteroatoms. The van der Waals surface area contributed by atoms with E-state index in [4.69, 9.17) is 10.5 Å². The molecule has 2 fully saturated rings. The van der Waals surface area contributed by atoms with Crippen molar-refractivity contribution in [2.45, 2.75) is 37.8 Å². The van der Waals surface area contributed by atoms with Gasteiger partial charge >= 0.3 is 0 Å². The van der Waals surface area contributed by atoms with Crippen molar-refractivity contribution in [3.05, 3.63) is 54.1 Å². The largest absolute Gasteiger partial charge is 0.488 e. The minimum atomic E-state index is -0.481. The van der Waals surface area contributed by atoms with Crippen molar-refractivity contribution in [2.24, 2.45) is 0 Å². The highest BCUT2D eigenvalue weighted by Crippen LogP contribution is 2.30. The van der Waals surface area contributed by atoms with Gasteiger partial charge in [0.1, 0.15) is 17.1 Å². The molecule has 1 amide bonds. The number of benzene rings is 2. The molecule has 0 radical (unpaired) electrons. The second-order valence-electron chi connectivity index (χ2n) is 9.46. The smallest absolute Gasteiger partial charge is 0.254 e. The van der Waals surface area contributed by atoms with Gasteiger partial charge in [0.15, 0.2) is 0 Å². The van der Waals surface area contributed by atoms with Gasteiger partial charge in [0.25, 0.3) is 5.91 Å². The maximum Gasteiger partial charge on any atom is 0.254 e. The lowest BCUT2D eigenvalue weighted by Crippen LogP contribution is -2.44. The fourth-order valence-corrected chi connectivity index (χ4v) is 4.87. The van der Waals surface area contributed by atoms with E-state index in [0.29, 0.717) is 22.5 Å². The SMILES string of the molecule is CN1CCN(c2ccc(C(=O)NC3CCC(Oc4cc(N)cc5nccnc45)CC3)c(F)c2)CC1. The molecule has 0 spiro atoms. The zero-order valence-electron chi connectivity index (χ0n) is 19.9. The Morgan fingerprint density at radius 3 is 2.54 bits per heavy atom. The van der Waals surface area contributed by atoms with E-state index >= 15 is 0 Å². The van der Waals surface area contributed by atoms with E-state index in [1.165, 1.54) is 6.07 Å². The first-order chi connectivity index (χ1) is 17.0. The predicted octanol–water partition coefficient (Wildman–Crippen LogP) is 3.22. The van der Waals surface area contributed by atoms with Gasteiger partial charge in [-0.05, 0) is 57.0 Å². The molecule has 0 unspecified atom stereocenters. The summed E-state index contributed by atoms with van der Waals surface area (Å²) in [6.07, 6.45) is 6.30. The van der Waals surface area contributed by atoms with E-state index in [0.717, 1.165) is 57.5 Å². The first-order valence-electron chi connectivity index (χ1n) is 12.2. The topological polar surface area (TPSA) is 96.6 Å². The number of nitrogen functional groups attached to an aromatic ring is 1. The van der Waals surface area contributed by atoms with E-state index in [-0.39, 0.29) is 23.6 Å². The zero-order chi connectivity index (χ0) is 24.4. The fraction of sp³-hybridized carbons (Fsp3) is 0.423. The summed E-state index contributed by atoms with van der Waals surface area (Å²) in [5.74, 6) is -0.220. The van der Waals surface area contributed by atoms with Gasteiger partial charge in [-0.2, -0.15) is 0 Å². The molecule has 0 bridgehead atoms. The van der Waals surface area contributed by atoms with Crippen LogP contribution in [0.3, 0.4) is 0 Å². The molecule has 2 heterocycles. The lowest BCUT2D eigenvalue weighted by Gasteiger charge is -2.34. The summed E-state index contributed by atoms with van der Waals surface area (Å²) < 4.78 is 21.0. The van der Waals surface area contributed by atoms with Crippen LogP contribution >= 0.6 is 0 Å². The van der Waals surface area contributed by atoms with E-state index in [1.807, 2.05) is 6.07 Å². The van der Waals surface area contributed by atoms with Gasteiger partial charge in [-0.25, -0.2) is 9.37 Å². The summed E-state index contributed by atoms with van der Waals surface area (Å²) in [5, 5.41) is 3.01. The molecule has 1 aromatic heterocycles. The summed E-state index contributed by atoms with van der Waals surface area (Å²) in [6.45, 7) is 3.59. The monoisotopic (exact) mass is 478 g/mol. The Balaban J connectivity index is 1.16. The average molecular weight is 479 g/mol. The van der Waals surface area contributed by atoms with Crippen LogP contribution in [-0.4, -0.2) is 66.1 Å². The van der Waals surface area contributed by atoms with Crippen LogP contribution in [0, 0.1) is 5.82 Å². The molecule has 1 saturated heterocycles. The summed E-state index contributed by atoms with van der Waals surface area (Å²) in [4.78, 5) is 25.9. The number of rotatable bonds is 5. The number of hydrogen-bond acceptors (Lipinski definition) is 7. The average Bonchev–Trinajstić information content (AvgIpc) is 2.85. The van der Waals surface area contributed by atoms with Crippen LogP contribution in [0.4, 0.5) is 15.8 Å². The van der Waals surface area contributed by atoms with Crippen LogP contribution < -0.4 is 20.7 Å². The Kier molecular flexibility index (Phi) is 6.68. The molecule has 35 heavy (non-hydrogen) atoms. The Labute approximate surface area is 204 Å². The highest BCUT2D eigenvalue weighted by molar-refractivity contribution is 5.95. The van der Waals surface area contributed by atoms with Gasteiger partial charge in [0.05, 0.1) is 17.2 Å². The molecule has 1 aliphatic carbocycles. The van der Waals surface area contributed by atoms with Gasteiger partial charge in [-0.1, -0.05) is 0 Å². The molecule has 2 aliphatic rings. The van der Waals surface area contributed by atoms with Gasteiger partial charge in [-0.3, -0.25) is 9.78 Å². The third-order valence-electron chi connectivity index (χ3n) is 6.93. The highest BCUT2D eigenvalue weighted by Gasteiger charge is 2.26. The number of hydrogen-bond donors (Lipinski definition) is 2. The summed E-state index contributed by atoms with van der Waals surface area (Å²) in [7, 11) is 2.08. The van der Waals surface area contributed by atoms with Crippen molar-refractivity contribution in [1.82, 2.24) is 20.2 Å². The summed E-state index contributed by atoms with van der Waals surface area (Å²) >= 11 is 0. The van der Waals surface area contributed by atoms with E-state index in [2.05, 4.69) is 32.1 Å². The molecule has 3 aromatic rings. The molecule has 8 nitrogen and oxygen atoms in total. The number of aromatic nitrogens is 2. The highest BCUT2D eigenvalue weighted by atomic mass is 19.1. The van der Waals surface area contributed by atoms with Crippen molar-refractivity contribution >= 4 is 28.3 Å². The number of halogens is 1. The van der Waals surface area contributed by atoms with Gasteiger partial charge < -0.3 is 25.6 Å². The normalized spacial score (nSPS) is 21.1. The Morgan fingerprint density at radius 2 is 1.80 bits per heavy atom. The maximum atomic E-state index is 14.8.